The maximum absolute atomic E-state index is 13.0. The molecule has 3 aromatic carbocycles. The number of hydrogen-bond acceptors (Lipinski definition) is 2. The molecule has 1 saturated heterocycles. The van der Waals surface area contributed by atoms with Crippen molar-refractivity contribution in [2.24, 2.45) is 0 Å². The number of benzene rings is 3. The summed E-state index contributed by atoms with van der Waals surface area (Å²) in [5, 5.41) is 11.7. The standard InChI is InChI=1S/C26H22Cl2F3NO2/c27-21-6-2-4-19(14-21)22-8-7-16(11-23(22)28)12-24(33)32-10-9-18(15-25(32)34)17-3-1-5-20(13-17)26(29,30)31/h1-8,11,13-14,18,25,34H,9-10,12,15H2. The zero-order chi connectivity index (χ0) is 24.5. The van der Waals surface area contributed by atoms with Crippen LogP contribution in [0.3, 0.4) is 0 Å². The first kappa shape index (κ1) is 24.6. The summed E-state index contributed by atoms with van der Waals surface area (Å²) in [6.45, 7) is 0.259. The fourth-order valence-electron chi connectivity index (χ4n) is 4.34. The highest BCUT2D eigenvalue weighted by Gasteiger charge is 2.34. The molecular weight excluding hydrogens is 486 g/mol. The Morgan fingerprint density at radius 2 is 1.79 bits per heavy atom. The Morgan fingerprint density at radius 1 is 1.03 bits per heavy atom. The number of hydrogen-bond donors (Lipinski definition) is 1. The lowest BCUT2D eigenvalue weighted by Gasteiger charge is -2.37. The Bertz CT molecular complexity index is 1200. The molecular formula is C26H22Cl2F3NO2. The lowest BCUT2D eigenvalue weighted by Crippen LogP contribution is -2.46. The van der Waals surface area contributed by atoms with Crippen LogP contribution in [0.25, 0.3) is 11.1 Å². The second kappa shape index (κ2) is 9.98. The van der Waals surface area contributed by atoms with Gasteiger partial charge in [0.15, 0.2) is 0 Å². The number of aliphatic hydroxyl groups excluding tert-OH is 1. The van der Waals surface area contributed by atoms with Crippen LogP contribution in [0.2, 0.25) is 10.0 Å². The first-order chi connectivity index (χ1) is 16.1. The van der Waals surface area contributed by atoms with Crippen molar-refractivity contribution in [3.63, 3.8) is 0 Å². The maximum atomic E-state index is 13.0. The number of piperidine rings is 1. The van der Waals surface area contributed by atoms with Crippen LogP contribution in [0.15, 0.2) is 66.7 Å². The number of carbonyl (C=O) groups excluding carboxylic acids is 1. The molecule has 0 spiro atoms. The first-order valence-electron chi connectivity index (χ1n) is 10.8. The largest absolute Gasteiger partial charge is 0.416 e. The highest BCUT2D eigenvalue weighted by molar-refractivity contribution is 6.34. The number of rotatable bonds is 4. The molecule has 1 fully saturated rings. The van der Waals surface area contributed by atoms with Crippen molar-refractivity contribution in [3.05, 3.63) is 93.5 Å². The van der Waals surface area contributed by atoms with Crippen molar-refractivity contribution >= 4 is 29.1 Å². The van der Waals surface area contributed by atoms with Crippen LogP contribution in [0.5, 0.6) is 0 Å². The summed E-state index contributed by atoms with van der Waals surface area (Å²) in [5.74, 6) is -0.519. The third-order valence-corrected chi connectivity index (χ3v) is 6.65. The summed E-state index contributed by atoms with van der Waals surface area (Å²) in [5.41, 5.74) is 2.17. The Balaban J connectivity index is 1.42. The second-order valence-corrected chi connectivity index (χ2v) is 9.26. The van der Waals surface area contributed by atoms with E-state index in [-0.39, 0.29) is 31.2 Å². The summed E-state index contributed by atoms with van der Waals surface area (Å²) < 4.78 is 39.1. The van der Waals surface area contributed by atoms with Crippen LogP contribution in [0, 0.1) is 0 Å². The smallest absolute Gasteiger partial charge is 0.374 e. The molecule has 0 bridgehead atoms. The SMILES string of the molecule is O=C(Cc1ccc(-c2cccc(Cl)c2)c(Cl)c1)N1CCC(c2cccc(C(F)(F)F)c2)CC1O. The predicted molar refractivity (Wildman–Crippen MR) is 127 cm³/mol. The van der Waals surface area contributed by atoms with Crippen molar-refractivity contribution in [2.45, 2.75) is 37.6 Å². The van der Waals surface area contributed by atoms with Gasteiger partial charge in [-0.15, -0.1) is 0 Å². The van der Waals surface area contributed by atoms with Crippen LogP contribution in [0.4, 0.5) is 13.2 Å². The van der Waals surface area contributed by atoms with Gasteiger partial charge in [-0.25, -0.2) is 0 Å². The molecule has 178 valence electrons. The third-order valence-electron chi connectivity index (χ3n) is 6.10. The van der Waals surface area contributed by atoms with Crippen molar-refractivity contribution in [2.75, 3.05) is 6.54 Å². The summed E-state index contributed by atoms with van der Waals surface area (Å²) in [6.07, 6.45) is -4.78. The minimum Gasteiger partial charge on any atom is -0.374 e. The Hall–Kier alpha value is -2.54. The van der Waals surface area contributed by atoms with E-state index in [1.165, 1.54) is 11.0 Å². The quantitative estimate of drug-likeness (QED) is 0.415. The highest BCUT2D eigenvalue weighted by Crippen LogP contribution is 2.36. The van der Waals surface area contributed by atoms with Gasteiger partial charge in [-0.3, -0.25) is 4.79 Å². The summed E-state index contributed by atoms with van der Waals surface area (Å²) in [4.78, 5) is 14.3. The molecule has 0 aliphatic carbocycles. The highest BCUT2D eigenvalue weighted by atomic mass is 35.5. The zero-order valence-corrected chi connectivity index (χ0v) is 19.5. The molecule has 2 atom stereocenters. The fraction of sp³-hybridized carbons (Fsp3) is 0.269. The van der Waals surface area contributed by atoms with E-state index in [1.807, 2.05) is 24.3 Å². The lowest BCUT2D eigenvalue weighted by atomic mass is 9.87. The summed E-state index contributed by atoms with van der Waals surface area (Å²) in [7, 11) is 0. The van der Waals surface area contributed by atoms with Gasteiger partial charge in [0, 0.05) is 22.2 Å². The minimum atomic E-state index is -4.42. The number of amides is 1. The van der Waals surface area contributed by atoms with Crippen LogP contribution >= 0.6 is 23.2 Å². The molecule has 3 aromatic rings. The van der Waals surface area contributed by atoms with E-state index in [0.717, 1.165) is 23.3 Å². The number of carbonyl (C=O) groups is 1. The van der Waals surface area contributed by atoms with Gasteiger partial charge in [0.25, 0.3) is 0 Å². The van der Waals surface area contributed by atoms with Gasteiger partial charge < -0.3 is 10.0 Å². The molecule has 2 unspecified atom stereocenters. The number of nitrogens with zero attached hydrogens (tertiary/aromatic N) is 1. The third kappa shape index (κ3) is 5.57. The van der Waals surface area contributed by atoms with E-state index in [1.54, 1.807) is 24.3 Å². The Kier molecular flexibility index (Phi) is 7.22. The first-order valence-corrected chi connectivity index (χ1v) is 11.6. The van der Waals surface area contributed by atoms with Crippen LogP contribution in [-0.2, 0) is 17.4 Å². The number of alkyl halides is 3. The molecule has 0 saturated carbocycles. The van der Waals surface area contributed by atoms with Gasteiger partial charge in [-0.1, -0.05) is 65.7 Å². The maximum Gasteiger partial charge on any atom is 0.416 e. The van der Waals surface area contributed by atoms with Gasteiger partial charge in [0.1, 0.15) is 6.23 Å². The molecule has 0 aromatic heterocycles. The molecule has 3 nitrogen and oxygen atoms in total. The van der Waals surface area contributed by atoms with E-state index >= 15 is 0 Å². The minimum absolute atomic E-state index is 0.0564. The van der Waals surface area contributed by atoms with Crippen molar-refractivity contribution in [1.82, 2.24) is 4.90 Å². The average Bonchev–Trinajstić information content (AvgIpc) is 2.78. The van der Waals surface area contributed by atoms with Crippen LogP contribution in [-0.4, -0.2) is 28.7 Å². The van der Waals surface area contributed by atoms with Gasteiger partial charge >= 0.3 is 6.18 Å². The van der Waals surface area contributed by atoms with Gasteiger partial charge in [0.2, 0.25) is 5.91 Å². The number of aliphatic hydroxyl groups is 1. The second-order valence-electron chi connectivity index (χ2n) is 8.41. The van der Waals surface area contributed by atoms with Crippen molar-refractivity contribution in [1.29, 1.82) is 0 Å². The van der Waals surface area contributed by atoms with Crippen molar-refractivity contribution in [3.8, 4) is 11.1 Å². The summed E-state index contributed by atoms with van der Waals surface area (Å²) in [6, 6.07) is 17.8. The molecule has 34 heavy (non-hydrogen) atoms. The van der Waals surface area contributed by atoms with Crippen molar-refractivity contribution < 1.29 is 23.1 Å². The van der Waals surface area contributed by atoms with Gasteiger partial charge in [0.05, 0.1) is 12.0 Å². The van der Waals surface area contributed by atoms with Gasteiger partial charge in [-0.05, 0) is 59.7 Å². The molecule has 4 rings (SSSR count). The van der Waals surface area contributed by atoms with E-state index in [4.69, 9.17) is 23.2 Å². The predicted octanol–water partition coefficient (Wildman–Crippen LogP) is 6.95. The van der Waals surface area contributed by atoms with E-state index in [0.29, 0.717) is 27.6 Å². The van der Waals surface area contributed by atoms with E-state index in [2.05, 4.69) is 0 Å². The fourth-order valence-corrected chi connectivity index (χ4v) is 4.84. The van der Waals surface area contributed by atoms with Gasteiger partial charge in [-0.2, -0.15) is 13.2 Å². The number of likely N-dealkylation sites (tertiary alicyclic amines) is 1. The normalized spacial score (nSPS) is 18.7. The number of halogens is 5. The lowest BCUT2D eigenvalue weighted by molar-refractivity contribution is -0.144. The topological polar surface area (TPSA) is 40.5 Å². The molecule has 1 aliphatic rings. The zero-order valence-electron chi connectivity index (χ0n) is 18.0. The van der Waals surface area contributed by atoms with Crippen LogP contribution in [0.1, 0.15) is 35.4 Å². The average molecular weight is 508 g/mol. The Labute approximate surface area is 205 Å². The Morgan fingerprint density at radius 3 is 2.47 bits per heavy atom. The summed E-state index contributed by atoms with van der Waals surface area (Å²) >= 11 is 12.5. The van der Waals surface area contributed by atoms with Crippen LogP contribution < -0.4 is 0 Å². The molecule has 1 amide bonds. The molecule has 1 N–H and O–H groups in total. The monoisotopic (exact) mass is 507 g/mol. The molecule has 8 heteroatoms. The molecule has 0 radical (unpaired) electrons. The molecule has 1 aliphatic heterocycles. The van der Waals surface area contributed by atoms with E-state index < -0.39 is 18.0 Å². The van der Waals surface area contributed by atoms with E-state index in [9.17, 15) is 23.1 Å². The molecule has 1 heterocycles.